The SMILES string of the molecule is C/C=C(C(\C)=C/C(CCCC)=C(\C)CC)/C(/C=C/CC)=C/c1cnc(NC(C)=O)cc1C. The Morgan fingerprint density at radius 3 is 2.41 bits per heavy atom. The van der Waals surface area contributed by atoms with Gasteiger partial charge in [-0.3, -0.25) is 4.79 Å². The summed E-state index contributed by atoms with van der Waals surface area (Å²) in [5.41, 5.74) is 8.74. The van der Waals surface area contributed by atoms with E-state index in [-0.39, 0.29) is 5.91 Å². The molecule has 0 unspecified atom stereocenters. The molecule has 1 amide bonds. The standard InChI is InChI=1S/C29H42N2O/c1-9-13-15-25(21(5)11-3)17-23(7)28(12-4)26(16-14-10-2)19-27-20-30-29(18-22(27)6)31-24(8)32/h12,14,16-20H,9-11,13,15H2,1-8H3,(H,30,31,32)/b16-14+,23-17-,25-21+,26-19+,28-12+. The summed E-state index contributed by atoms with van der Waals surface area (Å²) in [7, 11) is 0. The maximum absolute atomic E-state index is 11.3. The number of unbranched alkanes of at least 4 members (excludes halogenated alkanes) is 1. The highest BCUT2D eigenvalue weighted by molar-refractivity contribution is 5.87. The van der Waals surface area contributed by atoms with Gasteiger partial charge in [-0.2, -0.15) is 0 Å². The Hall–Kier alpha value is -2.68. The van der Waals surface area contributed by atoms with Crippen molar-refractivity contribution >= 4 is 17.8 Å². The van der Waals surface area contributed by atoms with E-state index in [9.17, 15) is 4.79 Å². The van der Waals surface area contributed by atoms with Gasteiger partial charge in [-0.15, -0.1) is 0 Å². The van der Waals surface area contributed by atoms with Crippen molar-refractivity contribution < 1.29 is 4.79 Å². The molecule has 0 saturated heterocycles. The first-order valence-electron chi connectivity index (χ1n) is 11.9. The normalized spacial score (nSPS) is 14.1. The minimum Gasteiger partial charge on any atom is -0.311 e. The van der Waals surface area contributed by atoms with Crippen molar-refractivity contribution in [2.45, 2.75) is 87.5 Å². The fraction of sp³-hybridized carbons (Fsp3) is 0.448. The van der Waals surface area contributed by atoms with E-state index in [1.54, 1.807) is 0 Å². The van der Waals surface area contributed by atoms with E-state index in [0.29, 0.717) is 5.82 Å². The molecule has 174 valence electrons. The lowest BCUT2D eigenvalue weighted by Crippen LogP contribution is -2.07. The molecule has 1 aromatic heterocycles. The van der Waals surface area contributed by atoms with Crippen LogP contribution in [0.25, 0.3) is 6.08 Å². The van der Waals surface area contributed by atoms with Gasteiger partial charge in [-0.05, 0) is 98.9 Å². The first-order valence-corrected chi connectivity index (χ1v) is 11.9. The van der Waals surface area contributed by atoms with E-state index in [1.165, 1.54) is 47.6 Å². The molecular weight excluding hydrogens is 392 g/mol. The molecule has 0 aliphatic rings. The average molecular weight is 435 g/mol. The molecule has 0 atom stereocenters. The second kappa shape index (κ2) is 14.4. The highest BCUT2D eigenvalue weighted by Crippen LogP contribution is 2.28. The molecular formula is C29H42N2O. The topological polar surface area (TPSA) is 42.0 Å². The lowest BCUT2D eigenvalue weighted by molar-refractivity contribution is -0.114. The van der Waals surface area contributed by atoms with Gasteiger partial charge in [-0.1, -0.05) is 57.1 Å². The average Bonchev–Trinajstić information content (AvgIpc) is 2.75. The van der Waals surface area contributed by atoms with Crippen molar-refractivity contribution in [1.29, 1.82) is 0 Å². The summed E-state index contributed by atoms with van der Waals surface area (Å²) in [5, 5.41) is 2.76. The lowest BCUT2D eigenvalue weighted by Gasteiger charge is -2.14. The van der Waals surface area contributed by atoms with Gasteiger partial charge in [0.05, 0.1) is 0 Å². The monoisotopic (exact) mass is 434 g/mol. The van der Waals surface area contributed by atoms with E-state index in [0.717, 1.165) is 30.4 Å². The molecule has 3 heteroatoms. The highest BCUT2D eigenvalue weighted by atomic mass is 16.1. The number of carbonyl (C=O) groups excluding carboxylic acids is 1. The lowest BCUT2D eigenvalue weighted by atomic mass is 9.92. The van der Waals surface area contributed by atoms with Crippen molar-refractivity contribution in [3.05, 3.63) is 75.6 Å². The molecule has 0 radical (unpaired) electrons. The van der Waals surface area contributed by atoms with Crippen molar-refractivity contribution in [3.63, 3.8) is 0 Å². The number of hydrogen-bond acceptors (Lipinski definition) is 2. The largest absolute Gasteiger partial charge is 0.311 e. The molecule has 0 fully saturated rings. The Morgan fingerprint density at radius 2 is 1.88 bits per heavy atom. The Morgan fingerprint density at radius 1 is 1.16 bits per heavy atom. The molecule has 0 aliphatic carbocycles. The fourth-order valence-corrected chi connectivity index (χ4v) is 3.56. The van der Waals surface area contributed by atoms with Crippen LogP contribution in [0, 0.1) is 6.92 Å². The number of hydrogen-bond donors (Lipinski definition) is 1. The van der Waals surface area contributed by atoms with Crippen LogP contribution in [0.3, 0.4) is 0 Å². The van der Waals surface area contributed by atoms with Gasteiger partial charge in [0.25, 0.3) is 0 Å². The second-order valence-corrected chi connectivity index (χ2v) is 8.31. The van der Waals surface area contributed by atoms with Crippen LogP contribution in [0.15, 0.2) is 64.4 Å². The summed E-state index contributed by atoms with van der Waals surface area (Å²) in [6.45, 7) is 16.7. The number of carbonyl (C=O) groups is 1. The minimum atomic E-state index is -0.113. The Balaban J connectivity index is 3.46. The van der Waals surface area contributed by atoms with Crippen LogP contribution < -0.4 is 5.32 Å². The number of aryl methyl sites for hydroxylation is 1. The van der Waals surface area contributed by atoms with Gasteiger partial charge < -0.3 is 5.32 Å². The van der Waals surface area contributed by atoms with E-state index in [4.69, 9.17) is 0 Å². The molecule has 0 saturated carbocycles. The fourth-order valence-electron chi connectivity index (χ4n) is 3.56. The zero-order valence-corrected chi connectivity index (χ0v) is 21.4. The van der Waals surface area contributed by atoms with E-state index >= 15 is 0 Å². The van der Waals surface area contributed by atoms with Crippen molar-refractivity contribution in [2.75, 3.05) is 5.32 Å². The van der Waals surface area contributed by atoms with Gasteiger partial charge >= 0.3 is 0 Å². The summed E-state index contributed by atoms with van der Waals surface area (Å²) in [4.78, 5) is 15.8. The Bertz CT molecular complexity index is 926. The van der Waals surface area contributed by atoms with E-state index in [2.05, 4.69) is 82.2 Å². The predicted molar refractivity (Wildman–Crippen MR) is 141 cm³/mol. The van der Waals surface area contributed by atoms with E-state index in [1.807, 2.05) is 19.2 Å². The molecule has 3 nitrogen and oxygen atoms in total. The Kier molecular flexibility index (Phi) is 12.3. The number of allylic oxidation sites excluding steroid dienone is 9. The number of pyridine rings is 1. The molecule has 32 heavy (non-hydrogen) atoms. The van der Waals surface area contributed by atoms with Gasteiger partial charge in [-0.25, -0.2) is 4.98 Å². The number of aromatic nitrogens is 1. The zero-order valence-electron chi connectivity index (χ0n) is 21.4. The van der Waals surface area contributed by atoms with Crippen LogP contribution in [0.2, 0.25) is 0 Å². The third kappa shape index (κ3) is 8.82. The molecule has 1 aromatic rings. The first-order chi connectivity index (χ1) is 15.3. The van der Waals surface area contributed by atoms with Crippen molar-refractivity contribution in [1.82, 2.24) is 4.98 Å². The summed E-state index contributed by atoms with van der Waals surface area (Å²) in [6.07, 6.45) is 18.6. The maximum atomic E-state index is 11.3. The number of rotatable bonds is 11. The smallest absolute Gasteiger partial charge is 0.222 e. The van der Waals surface area contributed by atoms with Gasteiger partial charge in [0.2, 0.25) is 5.91 Å². The number of nitrogens with zero attached hydrogens (tertiary/aromatic N) is 1. The summed E-state index contributed by atoms with van der Waals surface area (Å²) >= 11 is 0. The first kappa shape index (κ1) is 27.4. The van der Waals surface area contributed by atoms with Crippen LogP contribution >= 0.6 is 0 Å². The Labute approximate surface area is 196 Å². The molecule has 0 aromatic carbocycles. The molecule has 1 heterocycles. The minimum absolute atomic E-state index is 0.113. The van der Waals surface area contributed by atoms with Crippen molar-refractivity contribution in [3.8, 4) is 0 Å². The maximum Gasteiger partial charge on any atom is 0.222 e. The second-order valence-electron chi connectivity index (χ2n) is 8.31. The summed E-state index contributed by atoms with van der Waals surface area (Å²) < 4.78 is 0. The zero-order chi connectivity index (χ0) is 24.1. The summed E-state index contributed by atoms with van der Waals surface area (Å²) in [6, 6.07) is 1.92. The van der Waals surface area contributed by atoms with Crippen LogP contribution in [0.4, 0.5) is 5.82 Å². The number of anilines is 1. The van der Waals surface area contributed by atoms with Crippen LogP contribution in [0.1, 0.15) is 91.7 Å². The van der Waals surface area contributed by atoms with Crippen LogP contribution in [0.5, 0.6) is 0 Å². The molecule has 0 bridgehead atoms. The van der Waals surface area contributed by atoms with Crippen molar-refractivity contribution in [2.24, 2.45) is 0 Å². The van der Waals surface area contributed by atoms with Gasteiger partial charge in [0.15, 0.2) is 0 Å². The number of amides is 1. The highest BCUT2D eigenvalue weighted by Gasteiger charge is 2.09. The van der Waals surface area contributed by atoms with Crippen LogP contribution in [-0.4, -0.2) is 10.9 Å². The predicted octanol–water partition coefficient (Wildman–Crippen LogP) is 8.51. The van der Waals surface area contributed by atoms with E-state index < -0.39 is 0 Å². The van der Waals surface area contributed by atoms with Gasteiger partial charge in [0.1, 0.15) is 5.82 Å². The van der Waals surface area contributed by atoms with Gasteiger partial charge in [0, 0.05) is 13.1 Å². The third-order valence-electron chi connectivity index (χ3n) is 5.59. The molecule has 0 aliphatic heterocycles. The quantitative estimate of drug-likeness (QED) is 0.355. The summed E-state index contributed by atoms with van der Waals surface area (Å²) in [5.74, 6) is 0.471. The molecule has 1 rings (SSSR count). The molecule has 1 N–H and O–H groups in total. The molecule has 0 spiro atoms. The third-order valence-corrected chi connectivity index (χ3v) is 5.59. The number of nitrogens with one attached hydrogen (secondary N) is 1. The van der Waals surface area contributed by atoms with Crippen LogP contribution in [-0.2, 0) is 4.79 Å².